The largest absolute Gasteiger partial charge is 0.492 e. The van der Waals surface area contributed by atoms with Gasteiger partial charge in [-0.1, -0.05) is 6.07 Å². The third-order valence-electron chi connectivity index (χ3n) is 4.66. The zero-order valence-corrected chi connectivity index (χ0v) is 16.0. The Morgan fingerprint density at radius 1 is 1.07 bits per heavy atom. The molecule has 0 aliphatic heterocycles. The lowest BCUT2D eigenvalue weighted by molar-refractivity contribution is 0.317. The first-order chi connectivity index (χ1) is 14.1. The van der Waals surface area contributed by atoms with Crippen LogP contribution in [0.25, 0.3) is 22.0 Å². The van der Waals surface area contributed by atoms with Crippen LogP contribution in [0.15, 0.2) is 60.9 Å². The van der Waals surface area contributed by atoms with Gasteiger partial charge in [-0.15, -0.1) is 0 Å². The van der Waals surface area contributed by atoms with E-state index in [4.69, 9.17) is 4.74 Å². The van der Waals surface area contributed by atoms with Gasteiger partial charge in [0.05, 0.1) is 0 Å². The van der Waals surface area contributed by atoms with E-state index in [1.165, 1.54) is 12.1 Å². The third-order valence-corrected chi connectivity index (χ3v) is 4.66. The highest BCUT2D eigenvalue weighted by Crippen LogP contribution is 2.26. The van der Waals surface area contributed by atoms with Crippen LogP contribution in [-0.2, 0) is 6.54 Å². The predicted molar refractivity (Wildman–Crippen MR) is 110 cm³/mol. The maximum atomic E-state index is 14.0. The van der Waals surface area contributed by atoms with Crippen molar-refractivity contribution in [3.05, 3.63) is 83.8 Å². The second-order valence-corrected chi connectivity index (χ2v) is 6.90. The lowest BCUT2D eigenvalue weighted by atomic mass is 10.1. The normalized spacial score (nSPS) is 11.1. The molecule has 0 unspecified atom stereocenters. The molecule has 2 aromatic heterocycles. The van der Waals surface area contributed by atoms with Crippen molar-refractivity contribution in [1.29, 1.82) is 0 Å². The molecular weight excluding hydrogens is 372 g/mol. The van der Waals surface area contributed by atoms with Crippen molar-refractivity contribution in [2.24, 2.45) is 0 Å². The summed E-state index contributed by atoms with van der Waals surface area (Å²) in [6.07, 6.45) is 3.30. The smallest absolute Gasteiger partial charge is 0.133 e. The maximum Gasteiger partial charge on any atom is 0.133 e. The first-order valence-corrected chi connectivity index (χ1v) is 9.41. The van der Waals surface area contributed by atoms with E-state index >= 15 is 0 Å². The van der Waals surface area contributed by atoms with Gasteiger partial charge in [-0.2, -0.15) is 0 Å². The number of aromatic nitrogens is 2. The molecule has 0 fully saturated rings. The zero-order valence-electron chi connectivity index (χ0n) is 16.0. The molecule has 0 bridgehead atoms. The molecule has 0 saturated heterocycles. The lowest BCUT2D eigenvalue weighted by Crippen LogP contribution is -2.20. The van der Waals surface area contributed by atoms with Crippen LogP contribution in [-0.4, -0.2) is 23.1 Å². The van der Waals surface area contributed by atoms with Gasteiger partial charge in [0.25, 0.3) is 0 Å². The SMILES string of the molecule is Cc1cc2c(OCCNCc3cncc(-c4ccc(F)cc4F)c3)cccc2[nH]1. The van der Waals surface area contributed by atoms with E-state index in [1.807, 2.05) is 31.2 Å². The summed E-state index contributed by atoms with van der Waals surface area (Å²) in [4.78, 5) is 7.47. The van der Waals surface area contributed by atoms with Gasteiger partial charge >= 0.3 is 0 Å². The number of nitrogens with zero attached hydrogens (tertiary/aromatic N) is 1. The summed E-state index contributed by atoms with van der Waals surface area (Å²) in [6.45, 7) is 3.75. The van der Waals surface area contributed by atoms with E-state index in [-0.39, 0.29) is 0 Å². The number of H-pyrrole nitrogens is 1. The molecule has 0 spiro atoms. The van der Waals surface area contributed by atoms with Crippen molar-refractivity contribution in [3.8, 4) is 16.9 Å². The number of halogens is 2. The number of hydrogen-bond acceptors (Lipinski definition) is 3. The first kappa shape index (κ1) is 19.1. The van der Waals surface area contributed by atoms with Gasteiger partial charge in [0.1, 0.15) is 24.0 Å². The summed E-state index contributed by atoms with van der Waals surface area (Å²) in [5.41, 5.74) is 4.02. The van der Waals surface area contributed by atoms with Crippen molar-refractivity contribution >= 4 is 10.9 Å². The first-order valence-electron chi connectivity index (χ1n) is 9.41. The molecule has 0 aliphatic rings. The quantitative estimate of drug-likeness (QED) is 0.435. The van der Waals surface area contributed by atoms with Crippen LogP contribution >= 0.6 is 0 Å². The molecule has 6 heteroatoms. The number of pyridine rings is 1. The molecular formula is C23H21F2N3O. The molecule has 2 heterocycles. The molecule has 4 rings (SSSR count). The third kappa shape index (κ3) is 4.43. The molecule has 148 valence electrons. The van der Waals surface area contributed by atoms with Crippen molar-refractivity contribution in [2.75, 3.05) is 13.2 Å². The molecule has 29 heavy (non-hydrogen) atoms. The van der Waals surface area contributed by atoms with E-state index in [0.29, 0.717) is 30.8 Å². The van der Waals surface area contributed by atoms with Gasteiger partial charge in [-0.05, 0) is 48.9 Å². The van der Waals surface area contributed by atoms with Crippen LogP contribution in [0.1, 0.15) is 11.3 Å². The van der Waals surface area contributed by atoms with E-state index in [9.17, 15) is 8.78 Å². The Kier molecular flexibility index (Phi) is 5.53. The van der Waals surface area contributed by atoms with Crippen LogP contribution in [0, 0.1) is 18.6 Å². The molecule has 0 amide bonds. The fourth-order valence-corrected chi connectivity index (χ4v) is 3.31. The monoisotopic (exact) mass is 393 g/mol. The Labute approximate surface area is 167 Å². The van der Waals surface area contributed by atoms with Crippen molar-refractivity contribution in [1.82, 2.24) is 15.3 Å². The summed E-state index contributed by atoms with van der Waals surface area (Å²) in [5, 5.41) is 4.37. The minimum atomic E-state index is -0.598. The van der Waals surface area contributed by atoms with E-state index in [2.05, 4.69) is 21.4 Å². The van der Waals surface area contributed by atoms with Crippen molar-refractivity contribution in [2.45, 2.75) is 13.5 Å². The topological polar surface area (TPSA) is 49.9 Å². The molecule has 0 radical (unpaired) electrons. The van der Waals surface area contributed by atoms with Gasteiger partial charge in [0.2, 0.25) is 0 Å². The zero-order chi connectivity index (χ0) is 20.2. The minimum absolute atomic E-state index is 0.332. The fourth-order valence-electron chi connectivity index (χ4n) is 3.31. The van der Waals surface area contributed by atoms with Crippen LogP contribution in [0.5, 0.6) is 5.75 Å². The number of aryl methyl sites for hydroxylation is 1. The number of benzene rings is 2. The number of hydrogen-bond donors (Lipinski definition) is 2. The number of rotatable bonds is 7. The van der Waals surface area contributed by atoms with E-state index in [1.54, 1.807) is 12.4 Å². The number of aromatic amines is 1. The highest BCUT2D eigenvalue weighted by Gasteiger charge is 2.08. The van der Waals surface area contributed by atoms with Gasteiger partial charge in [-0.25, -0.2) is 8.78 Å². The number of fused-ring (bicyclic) bond motifs is 1. The van der Waals surface area contributed by atoms with Crippen molar-refractivity contribution < 1.29 is 13.5 Å². The second kappa shape index (κ2) is 8.41. The van der Waals surface area contributed by atoms with Gasteiger partial charge in [0, 0.05) is 59.3 Å². The van der Waals surface area contributed by atoms with Crippen LogP contribution < -0.4 is 10.1 Å². The Morgan fingerprint density at radius 3 is 2.83 bits per heavy atom. The second-order valence-electron chi connectivity index (χ2n) is 6.90. The van der Waals surface area contributed by atoms with Crippen LogP contribution in [0.4, 0.5) is 8.78 Å². The van der Waals surface area contributed by atoms with Crippen LogP contribution in [0.2, 0.25) is 0 Å². The summed E-state index contributed by atoms with van der Waals surface area (Å²) < 4.78 is 33.0. The van der Waals surface area contributed by atoms with Crippen LogP contribution in [0.3, 0.4) is 0 Å². The summed E-state index contributed by atoms with van der Waals surface area (Å²) in [6, 6.07) is 13.4. The van der Waals surface area contributed by atoms with E-state index < -0.39 is 11.6 Å². The summed E-state index contributed by atoms with van der Waals surface area (Å²) in [5.74, 6) is -0.342. The van der Waals surface area contributed by atoms with E-state index in [0.717, 1.165) is 34.0 Å². The maximum absolute atomic E-state index is 14.0. The standard InChI is InChI=1S/C23H21F2N3O/c1-15-9-20-22(28-15)3-2-4-23(20)29-8-7-26-12-16-10-17(14-27-13-16)19-6-5-18(24)11-21(19)25/h2-6,9-11,13-14,26,28H,7-8,12H2,1H3. The number of ether oxygens (including phenoxy) is 1. The summed E-state index contributed by atoms with van der Waals surface area (Å²) >= 11 is 0. The Morgan fingerprint density at radius 2 is 1.97 bits per heavy atom. The highest BCUT2D eigenvalue weighted by molar-refractivity contribution is 5.86. The predicted octanol–water partition coefficient (Wildman–Crippen LogP) is 4.99. The molecule has 4 aromatic rings. The molecule has 4 nitrogen and oxygen atoms in total. The molecule has 0 aliphatic carbocycles. The fraction of sp³-hybridized carbons (Fsp3) is 0.174. The summed E-state index contributed by atoms with van der Waals surface area (Å²) in [7, 11) is 0. The van der Waals surface area contributed by atoms with Crippen molar-refractivity contribution in [3.63, 3.8) is 0 Å². The van der Waals surface area contributed by atoms with Gasteiger partial charge in [0.15, 0.2) is 0 Å². The highest BCUT2D eigenvalue weighted by atomic mass is 19.1. The lowest BCUT2D eigenvalue weighted by Gasteiger charge is -2.10. The molecule has 2 N–H and O–H groups in total. The van der Waals surface area contributed by atoms with Gasteiger partial charge < -0.3 is 15.0 Å². The Balaban J connectivity index is 1.33. The number of nitrogens with one attached hydrogen (secondary N) is 2. The molecule has 2 aromatic carbocycles. The minimum Gasteiger partial charge on any atom is -0.492 e. The average molecular weight is 393 g/mol. The molecule has 0 saturated carbocycles. The Bertz CT molecular complexity index is 1140. The average Bonchev–Trinajstić information content (AvgIpc) is 3.09. The van der Waals surface area contributed by atoms with Gasteiger partial charge in [-0.3, -0.25) is 4.98 Å². The molecule has 0 atom stereocenters. The Hall–Kier alpha value is -3.25.